The number of halogens is 2. The summed E-state index contributed by atoms with van der Waals surface area (Å²) in [5, 5.41) is 0. The van der Waals surface area contributed by atoms with Gasteiger partial charge in [-0.1, -0.05) is 15.9 Å². The molecule has 4 nitrogen and oxygen atoms in total. The normalized spacial score (nSPS) is 19.6. The van der Waals surface area contributed by atoms with Gasteiger partial charge >= 0.3 is 0 Å². The number of benzene rings is 1. The van der Waals surface area contributed by atoms with Crippen LogP contribution < -0.4 is 4.74 Å². The van der Waals surface area contributed by atoms with Crippen LogP contribution in [0.25, 0.3) is 0 Å². The average molecular weight is 370 g/mol. The fourth-order valence-corrected chi connectivity index (χ4v) is 3.76. The molecule has 1 saturated heterocycles. The second kappa shape index (κ2) is 5.99. The summed E-state index contributed by atoms with van der Waals surface area (Å²) in [7, 11) is 1.61. The standard InChI is InChI=1S/C12H14BrClO4S/c1-8-4-10(13)5-11(19(14,15)16)12(8)18-7-9-2-3-17-6-9/h4-5,9H,2-3,6-7H2,1H3. The van der Waals surface area contributed by atoms with Gasteiger partial charge in [0, 0.05) is 27.7 Å². The lowest BCUT2D eigenvalue weighted by molar-refractivity contribution is 0.166. The number of hydrogen-bond acceptors (Lipinski definition) is 4. The van der Waals surface area contributed by atoms with Crippen LogP contribution in [0.1, 0.15) is 12.0 Å². The molecule has 1 fully saturated rings. The van der Waals surface area contributed by atoms with Crippen molar-refractivity contribution in [1.82, 2.24) is 0 Å². The largest absolute Gasteiger partial charge is 0.492 e. The summed E-state index contributed by atoms with van der Waals surface area (Å²) in [6.45, 7) is 3.60. The molecule has 1 aliphatic rings. The van der Waals surface area contributed by atoms with Gasteiger partial charge in [0.05, 0.1) is 13.2 Å². The van der Waals surface area contributed by atoms with E-state index in [2.05, 4.69) is 15.9 Å². The van der Waals surface area contributed by atoms with Gasteiger partial charge in [0.25, 0.3) is 9.05 Å². The highest BCUT2D eigenvalue weighted by molar-refractivity contribution is 9.10. The quantitative estimate of drug-likeness (QED) is 0.765. The van der Waals surface area contributed by atoms with Gasteiger partial charge in [-0.2, -0.15) is 0 Å². The van der Waals surface area contributed by atoms with Crippen molar-refractivity contribution in [3.8, 4) is 5.75 Å². The first kappa shape index (κ1) is 15.1. The lowest BCUT2D eigenvalue weighted by Crippen LogP contribution is -2.13. The zero-order chi connectivity index (χ0) is 14.0. The molecule has 0 radical (unpaired) electrons. The highest BCUT2D eigenvalue weighted by Gasteiger charge is 2.22. The zero-order valence-electron chi connectivity index (χ0n) is 10.4. The highest BCUT2D eigenvalue weighted by Crippen LogP contribution is 2.34. The Morgan fingerprint density at radius 1 is 1.53 bits per heavy atom. The number of ether oxygens (including phenoxy) is 2. The maximum absolute atomic E-state index is 11.6. The van der Waals surface area contributed by atoms with Crippen molar-refractivity contribution >= 4 is 35.7 Å². The molecule has 0 aromatic heterocycles. The first-order valence-electron chi connectivity index (χ1n) is 5.83. The predicted octanol–water partition coefficient (Wildman–Crippen LogP) is 3.10. The molecule has 106 valence electrons. The van der Waals surface area contributed by atoms with E-state index in [1.54, 1.807) is 13.0 Å². The van der Waals surface area contributed by atoms with Crippen LogP contribution in [-0.2, 0) is 13.8 Å². The monoisotopic (exact) mass is 368 g/mol. The van der Waals surface area contributed by atoms with E-state index in [0.29, 0.717) is 29.4 Å². The van der Waals surface area contributed by atoms with Crippen molar-refractivity contribution in [1.29, 1.82) is 0 Å². The topological polar surface area (TPSA) is 52.6 Å². The molecule has 1 unspecified atom stereocenters. The third kappa shape index (κ3) is 3.84. The zero-order valence-corrected chi connectivity index (χ0v) is 13.5. The maximum Gasteiger partial charge on any atom is 0.265 e. The number of aryl methyl sites for hydroxylation is 1. The first-order chi connectivity index (χ1) is 8.88. The van der Waals surface area contributed by atoms with Gasteiger partial charge in [-0.25, -0.2) is 8.42 Å². The lowest BCUT2D eigenvalue weighted by Gasteiger charge is -2.15. The van der Waals surface area contributed by atoms with Crippen LogP contribution in [0.2, 0.25) is 0 Å². The van der Waals surface area contributed by atoms with Crippen LogP contribution in [-0.4, -0.2) is 28.2 Å². The predicted molar refractivity (Wildman–Crippen MR) is 76.3 cm³/mol. The Balaban J connectivity index is 2.27. The fourth-order valence-electron chi connectivity index (χ4n) is 1.98. The van der Waals surface area contributed by atoms with Gasteiger partial charge in [-0.3, -0.25) is 0 Å². The Kier molecular flexibility index (Phi) is 4.76. The van der Waals surface area contributed by atoms with Crippen LogP contribution in [0.15, 0.2) is 21.5 Å². The van der Waals surface area contributed by atoms with Gasteiger partial charge in [0.1, 0.15) is 10.6 Å². The first-order valence-corrected chi connectivity index (χ1v) is 8.93. The van der Waals surface area contributed by atoms with Crippen molar-refractivity contribution in [3.63, 3.8) is 0 Å². The van der Waals surface area contributed by atoms with Gasteiger partial charge in [0.2, 0.25) is 0 Å². The Hall–Kier alpha value is -0.300. The molecule has 1 heterocycles. The minimum atomic E-state index is -3.84. The SMILES string of the molecule is Cc1cc(Br)cc(S(=O)(=O)Cl)c1OCC1CCOC1. The van der Waals surface area contributed by atoms with Crippen LogP contribution >= 0.6 is 26.6 Å². The molecule has 0 aliphatic carbocycles. The van der Waals surface area contributed by atoms with Gasteiger partial charge in [0.15, 0.2) is 0 Å². The second-order valence-electron chi connectivity index (χ2n) is 4.53. The molecule has 1 atom stereocenters. The van der Waals surface area contributed by atoms with Crippen LogP contribution in [0.4, 0.5) is 0 Å². The third-order valence-electron chi connectivity index (χ3n) is 2.96. The summed E-state index contributed by atoms with van der Waals surface area (Å²) >= 11 is 3.26. The van der Waals surface area contributed by atoms with Crippen LogP contribution in [0.5, 0.6) is 5.75 Å². The van der Waals surface area contributed by atoms with Crippen molar-refractivity contribution in [2.75, 3.05) is 19.8 Å². The van der Waals surface area contributed by atoms with E-state index >= 15 is 0 Å². The second-order valence-corrected chi connectivity index (χ2v) is 7.98. The Morgan fingerprint density at radius 2 is 2.26 bits per heavy atom. The summed E-state index contributed by atoms with van der Waals surface area (Å²) < 4.78 is 34.8. The average Bonchev–Trinajstić information content (AvgIpc) is 2.78. The Morgan fingerprint density at radius 3 is 2.84 bits per heavy atom. The molecule has 1 aromatic rings. The number of rotatable bonds is 4. The van der Waals surface area contributed by atoms with Crippen molar-refractivity contribution in [2.45, 2.75) is 18.2 Å². The van der Waals surface area contributed by atoms with Gasteiger partial charge in [-0.05, 0) is 31.0 Å². The summed E-state index contributed by atoms with van der Waals surface area (Å²) in [4.78, 5) is -0.0000398. The van der Waals surface area contributed by atoms with E-state index < -0.39 is 9.05 Å². The van der Waals surface area contributed by atoms with E-state index in [1.807, 2.05) is 0 Å². The van der Waals surface area contributed by atoms with Crippen molar-refractivity contribution < 1.29 is 17.9 Å². The molecule has 7 heteroatoms. The minimum Gasteiger partial charge on any atom is -0.492 e. The molecule has 0 N–H and O–H groups in total. The Labute approximate surface area is 125 Å². The molecule has 1 aromatic carbocycles. The van der Waals surface area contributed by atoms with E-state index in [1.165, 1.54) is 6.07 Å². The van der Waals surface area contributed by atoms with Gasteiger partial charge in [-0.15, -0.1) is 0 Å². The summed E-state index contributed by atoms with van der Waals surface area (Å²) in [6.07, 6.45) is 0.929. The fraction of sp³-hybridized carbons (Fsp3) is 0.500. The van der Waals surface area contributed by atoms with Crippen LogP contribution in [0.3, 0.4) is 0 Å². The van der Waals surface area contributed by atoms with E-state index in [0.717, 1.165) is 18.6 Å². The Bertz CT molecular complexity index is 567. The smallest absolute Gasteiger partial charge is 0.265 e. The van der Waals surface area contributed by atoms with E-state index in [-0.39, 0.29) is 4.90 Å². The molecule has 1 aliphatic heterocycles. The van der Waals surface area contributed by atoms with Crippen LogP contribution in [0, 0.1) is 12.8 Å². The molecule has 0 saturated carbocycles. The summed E-state index contributed by atoms with van der Waals surface area (Å²) in [6, 6.07) is 3.25. The van der Waals surface area contributed by atoms with Crippen molar-refractivity contribution in [3.05, 3.63) is 22.2 Å². The molecule has 19 heavy (non-hydrogen) atoms. The molecule has 0 bridgehead atoms. The molecule has 0 spiro atoms. The third-order valence-corrected chi connectivity index (χ3v) is 4.74. The van der Waals surface area contributed by atoms with E-state index in [9.17, 15) is 8.42 Å². The lowest BCUT2D eigenvalue weighted by atomic mass is 10.1. The van der Waals surface area contributed by atoms with Crippen molar-refractivity contribution in [2.24, 2.45) is 5.92 Å². The number of hydrogen-bond donors (Lipinski definition) is 0. The molecular weight excluding hydrogens is 356 g/mol. The molecule has 2 rings (SSSR count). The molecule has 0 amide bonds. The van der Waals surface area contributed by atoms with Gasteiger partial charge < -0.3 is 9.47 Å². The minimum absolute atomic E-state index is 0.0000398. The summed E-state index contributed by atoms with van der Waals surface area (Å²) in [5.41, 5.74) is 0.729. The maximum atomic E-state index is 11.6. The van der Waals surface area contributed by atoms with E-state index in [4.69, 9.17) is 20.2 Å². The highest BCUT2D eigenvalue weighted by atomic mass is 79.9. The molecular formula is C12H14BrClO4S. The summed E-state index contributed by atoms with van der Waals surface area (Å²) in [5.74, 6) is 0.624.